The maximum Gasteiger partial charge on any atom is 0.338 e. The normalized spacial score (nSPS) is 10.5. The predicted molar refractivity (Wildman–Crippen MR) is 118 cm³/mol. The second kappa shape index (κ2) is 10.6. The third kappa shape index (κ3) is 6.08. The summed E-state index contributed by atoms with van der Waals surface area (Å²) in [5, 5.41) is 11.7. The van der Waals surface area contributed by atoms with Gasteiger partial charge in [-0.3, -0.25) is 4.79 Å². The molecule has 0 aliphatic carbocycles. The molecule has 0 fully saturated rings. The van der Waals surface area contributed by atoms with E-state index >= 15 is 0 Å². The van der Waals surface area contributed by atoms with Crippen molar-refractivity contribution in [2.45, 2.75) is 25.6 Å². The summed E-state index contributed by atoms with van der Waals surface area (Å²) in [7, 11) is 1.84. The molecule has 3 rings (SSSR count). The first kappa shape index (κ1) is 22.4. The molecule has 1 heterocycles. The van der Waals surface area contributed by atoms with Gasteiger partial charge in [0.1, 0.15) is 12.4 Å². The quantitative estimate of drug-likeness (QED) is 0.401. The van der Waals surface area contributed by atoms with Gasteiger partial charge in [0.2, 0.25) is 5.91 Å². The lowest BCUT2D eigenvalue weighted by molar-refractivity contribution is -0.113. The van der Waals surface area contributed by atoms with Gasteiger partial charge in [-0.2, -0.15) is 0 Å². The second-order valence-electron chi connectivity index (χ2n) is 6.65. The number of hydrogen-bond donors (Lipinski definition) is 1. The number of nitrogens with one attached hydrogen (secondary N) is 1. The van der Waals surface area contributed by atoms with Crippen molar-refractivity contribution in [3.8, 4) is 5.75 Å². The van der Waals surface area contributed by atoms with Gasteiger partial charge in [0.15, 0.2) is 11.0 Å². The molecule has 3 aromatic rings. The van der Waals surface area contributed by atoms with Gasteiger partial charge >= 0.3 is 5.97 Å². The summed E-state index contributed by atoms with van der Waals surface area (Å²) in [4.78, 5) is 23.9. The van der Waals surface area contributed by atoms with Crippen molar-refractivity contribution in [3.05, 3.63) is 65.5 Å². The van der Waals surface area contributed by atoms with Gasteiger partial charge in [-0.25, -0.2) is 4.79 Å². The maximum atomic E-state index is 12.3. The van der Waals surface area contributed by atoms with E-state index in [4.69, 9.17) is 9.47 Å². The van der Waals surface area contributed by atoms with Crippen LogP contribution in [0.5, 0.6) is 5.75 Å². The molecule has 9 heteroatoms. The summed E-state index contributed by atoms with van der Waals surface area (Å²) < 4.78 is 12.6. The van der Waals surface area contributed by atoms with Crippen LogP contribution in [0.25, 0.3) is 0 Å². The molecule has 0 saturated carbocycles. The zero-order valence-corrected chi connectivity index (χ0v) is 18.4. The van der Waals surface area contributed by atoms with E-state index < -0.39 is 0 Å². The summed E-state index contributed by atoms with van der Waals surface area (Å²) in [6.45, 7) is 4.34. The average molecular weight is 441 g/mol. The smallest absolute Gasteiger partial charge is 0.338 e. The standard InChI is InChI=1S/C22H24N4O4S/c1-4-29-21(28)16-9-11-17(12-10-16)23-20(27)14-31-22-25-24-19(26(22)3)13-30-18-8-6-5-7-15(18)2/h5-12H,4,13-14H2,1-3H3,(H,23,27). The van der Waals surface area contributed by atoms with Crippen LogP contribution in [0, 0.1) is 6.92 Å². The molecular weight excluding hydrogens is 416 g/mol. The van der Waals surface area contributed by atoms with Crippen LogP contribution in [0.4, 0.5) is 5.69 Å². The molecule has 1 N–H and O–H groups in total. The van der Waals surface area contributed by atoms with Crippen LogP contribution in [0.3, 0.4) is 0 Å². The number of anilines is 1. The van der Waals surface area contributed by atoms with Crippen LogP contribution in [-0.2, 0) is 23.2 Å². The topological polar surface area (TPSA) is 95.3 Å². The second-order valence-corrected chi connectivity index (χ2v) is 7.59. The number of ether oxygens (including phenoxy) is 2. The summed E-state index contributed by atoms with van der Waals surface area (Å²) in [5.41, 5.74) is 2.09. The molecule has 0 saturated heterocycles. The third-order valence-corrected chi connectivity index (χ3v) is 5.41. The minimum atomic E-state index is -0.388. The molecular formula is C22H24N4O4S. The van der Waals surface area contributed by atoms with Crippen LogP contribution >= 0.6 is 11.8 Å². The van der Waals surface area contributed by atoms with Crippen molar-refractivity contribution < 1.29 is 19.1 Å². The van der Waals surface area contributed by atoms with Crippen LogP contribution in [-0.4, -0.2) is 39.0 Å². The van der Waals surface area contributed by atoms with E-state index in [1.54, 1.807) is 31.2 Å². The molecule has 31 heavy (non-hydrogen) atoms. The number of amides is 1. The summed E-state index contributed by atoms with van der Waals surface area (Å²) in [5.74, 6) is 1.06. The zero-order valence-electron chi connectivity index (χ0n) is 17.6. The van der Waals surface area contributed by atoms with E-state index in [1.165, 1.54) is 11.8 Å². The Labute approximate surface area is 185 Å². The fourth-order valence-electron chi connectivity index (χ4n) is 2.69. The van der Waals surface area contributed by atoms with Gasteiger partial charge in [-0.15, -0.1) is 10.2 Å². The number of benzene rings is 2. The van der Waals surface area contributed by atoms with E-state index in [9.17, 15) is 9.59 Å². The number of carbonyl (C=O) groups excluding carboxylic acids is 2. The fraction of sp³-hybridized carbons (Fsp3) is 0.273. The molecule has 0 aliphatic rings. The summed E-state index contributed by atoms with van der Waals surface area (Å²) in [6, 6.07) is 14.3. The Morgan fingerprint density at radius 3 is 2.55 bits per heavy atom. The highest BCUT2D eigenvalue weighted by Crippen LogP contribution is 2.20. The first-order valence-corrected chi connectivity index (χ1v) is 10.7. The van der Waals surface area contributed by atoms with Gasteiger partial charge in [0.25, 0.3) is 0 Å². The summed E-state index contributed by atoms with van der Waals surface area (Å²) >= 11 is 1.28. The first-order chi connectivity index (χ1) is 15.0. The molecule has 8 nitrogen and oxygen atoms in total. The monoisotopic (exact) mass is 440 g/mol. The molecule has 0 spiro atoms. The Morgan fingerprint density at radius 1 is 1.10 bits per heavy atom. The molecule has 0 bridgehead atoms. The number of rotatable bonds is 9. The highest BCUT2D eigenvalue weighted by Gasteiger charge is 2.13. The van der Waals surface area contributed by atoms with Crippen LogP contribution < -0.4 is 10.1 Å². The number of esters is 1. The van der Waals surface area contributed by atoms with E-state index in [0.717, 1.165) is 11.3 Å². The van der Waals surface area contributed by atoms with Crippen LogP contribution in [0.2, 0.25) is 0 Å². The maximum absolute atomic E-state index is 12.3. The van der Waals surface area contributed by atoms with Gasteiger partial charge in [0.05, 0.1) is 17.9 Å². The van der Waals surface area contributed by atoms with Crippen molar-refractivity contribution in [3.63, 3.8) is 0 Å². The lowest BCUT2D eigenvalue weighted by Crippen LogP contribution is -2.15. The third-order valence-electron chi connectivity index (χ3n) is 4.39. The van der Waals surface area contributed by atoms with Gasteiger partial charge < -0.3 is 19.4 Å². The van der Waals surface area contributed by atoms with E-state index in [0.29, 0.717) is 28.8 Å². The highest BCUT2D eigenvalue weighted by molar-refractivity contribution is 7.99. The predicted octanol–water partition coefficient (Wildman–Crippen LogP) is 3.61. The molecule has 0 atom stereocenters. The molecule has 2 aromatic carbocycles. The van der Waals surface area contributed by atoms with Gasteiger partial charge in [0, 0.05) is 12.7 Å². The van der Waals surface area contributed by atoms with Crippen molar-refractivity contribution in [1.29, 1.82) is 0 Å². The molecule has 0 aliphatic heterocycles. The number of aryl methyl sites for hydroxylation is 1. The van der Waals surface area contributed by atoms with E-state index in [1.807, 2.05) is 42.8 Å². The fourth-order valence-corrected chi connectivity index (χ4v) is 3.42. The largest absolute Gasteiger partial charge is 0.485 e. The van der Waals surface area contributed by atoms with Gasteiger partial charge in [-0.05, 0) is 49.7 Å². The van der Waals surface area contributed by atoms with E-state index in [-0.39, 0.29) is 24.2 Å². The summed E-state index contributed by atoms with van der Waals surface area (Å²) in [6.07, 6.45) is 0. The molecule has 0 unspecified atom stereocenters. The number of aromatic nitrogens is 3. The van der Waals surface area contributed by atoms with Crippen LogP contribution in [0.1, 0.15) is 28.7 Å². The minimum absolute atomic E-state index is 0.171. The molecule has 0 radical (unpaired) electrons. The number of thioether (sulfide) groups is 1. The van der Waals surface area contributed by atoms with E-state index in [2.05, 4.69) is 15.5 Å². The molecule has 1 amide bonds. The average Bonchev–Trinajstić information content (AvgIpc) is 3.12. The van der Waals surface area contributed by atoms with Gasteiger partial charge in [-0.1, -0.05) is 30.0 Å². The number of hydrogen-bond acceptors (Lipinski definition) is 7. The molecule has 162 valence electrons. The number of carbonyl (C=O) groups is 2. The minimum Gasteiger partial charge on any atom is -0.485 e. The number of para-hydroxylation sites is 1. The SMILES string of the molecule is CCOC(=O)c1ccc(NC(=O)CSc2nnc(COc3ccccc3C)n2C)cc1. The van der Waals surface area contributed by atoms with Crippen molar-refractivity contribution in [2.75, 3.05) is 17.7 Å². The van der Waals surface area contributed by atoms with Crippen LogP contribution in [0.15, 0.2) is 53.7 Å². The lowest BCUT2D eigenvalue weighted by Gasteiger charge is -2.09. The van der Waals surface area contributed by atoms with Crippen molar-refractivity contribution in [1.82, 2.24) is 14.8 Å². The number of nitrogens with zero attached hydrogens (tertiary/aromatic N) is 3. The Balaban J connectivity index is 1.50. The molecule has 1 aromatic heterocycles. The lowest BCUT2D eigenvalue weighted by atomic mass is 10.2. The Bertz CT molecular complexity index is 1050. The zero-order chi connectivity index (χ0) is 22.2. The Morgan fingerprint density at radius 2 is 1.84 bits per heavy atom. The Hall–Kier alpha value is -3.33. The highest BCUT2D eigenvalue weighted by atomic mass is 32.2. The van der Waals surface area contributed by atoms with Crippen molar-refractivity contribution >= 4 is 29.3 Å². The van der Waals surface area contributed by atoms with Crippen molar-refractivity contribution in [2.24, 2.45) is 7.05 Å². The Kier molecular flexibility index (Phi) is 7.66. The first-order valence-electron chi connectivity index (χ1n) is 9.74.